The maximum atomic E-state index is 11.8. The first-order valence-electron chi connectivity index (χ1n) is 7.17. The van der Waals surface area contributed by atoms with Crippen molar-refractivity contribution in [3.05, 3.63) is 70.3 Å². The number of amides is 1. The van der Waals surface area contributed by atoms with Crippen molar-refractivity contribution in [2.45, 2.75) is 0 Å². The maximum Gasteiger partial charge on any atom is 0.312 e. The SMILES string of the molecule is COc1ccc(NC(=S)NC(=O)/C=C/c2ccccc2)cc1[N+](=O)[O-]. The predicted octanol–water partition coefficient (Wildman–Crippen LogP) is 3.13. The molecule has 2 aromatic rings. The summed E-state index contributed by atoms with van der Waals surface area (Å²) in [6.07, 6.45) is 3.00. The highest BCUT2D eigenvalue weighted by molar-refractivity contribution is 7.80. The molecule has 2 rings (SSSR count). The summed E-state index contributed by atoms with van der Waals surface area (Å²) in [5.41, 5.74) is 1.04. The number of benzene rings is 2. The minimum atomic E-state index is -0.561. The van der Waals surface area contributed by atoms with Crippen LogP contribution in [0, 0.1) is 10.1 Å². The summed E-state index contributed by atoms with van der Waals surface area (Å²) in [5.74, 6) is -0.277. The zero-order valence-electron chi connectivity index (χ0n) is 13.3. The van der Waals surface area contributed by atoms with Crippen molar-refractivity contribution in [1.29, 1.82) is 0 Å². The molecule has 0 fully saturated rings. The average molecular weight is 357 g/mol. The van der Waals surface area contributed by atoms with Gasteiger partial charge in [0.25, 0.3) is 0 Å². The summed E-state index contributed by atoms with van der Waals surface area (Å²) in [4.78, 5) is 22.3. The Hall–Kier alpha value is -3.26. The molecular weight excluding hydrogens is 342 g/mol. The van der Waals surface area contributed by atoms with Gasteiger partial charge in [0.2, 0.25) is 5.91 Å². The number of anilines is 1. The Morgan fingerprint density at radius 2 is 1.96 bits per heavy atom. The van der Waals surface area contributed by atoms with E-state index >= 15 is 0 Å². The molecule has 0 atom stereocenters. The van der Waals surface area contributed by atoms with E-state index in [1.807, 2.05) is 30.3 Å². The number of methoxy groups -OCH3 is 1. The van der Waals surface area contributed by atoms with E-state index in [1.165, 1.54) is 25.3 Å². The lowest BCUT2D eigenvalue weighted by Crippen LogP contribution is -2.32. The number of hydrogen-bond donors (Lipinski definition) is 2. The molecule has 0 aliphatic carbocycles. The molecule has 0 heterocycles. The van der Waals surface area contributed by atoms with Crippen molar-refractivity contribution in [1.82, 2.24) is 5.32 Å². The van der Waals surface area contributed by atoms with Gasteiger partial charge in [-0.25, -0.2) is 0 Å². The number of nitrogens with one attached hydrogen (secondary N) is 2. The van der Waals surface area contributed by atoms with Gasteiger partial charge in [0.1, 0.15) is 0 Å². The molecule has 0 aromatic heterocycles. The van der Waals surface area contributed by atoms with Crippen LogP contribution in [0.15, 0.2) is 54.6 Å². The van der Waals surface area contributed by atoms with Crippen LogP contribution >= 0.6 is 12.2 Å². The van der Waals surface area contributed by atoms with Gasteiger partial charge < -0.3 is 10.1 Å². The van der Waals surface area contributed by atoms with Gasteiger partial charge in [0.15, 0.2) is 10.9 Å². The zero-order valence-corrected chi connectivity index (χ0v) is 14.1. The number of hydrogen-bond acceptors (Lipinski definition) is 5. The fraction of sp³-hybridized carbons (Fsp3) is 0.0588. The summed E-state index contributed by atoms with van der Waals surface area (Å²) >= 11 is 5.04. The van der Waals surface area contributed by atoms with Crippen molar-refractivity contribution in [2.24, 2.45) is 0 Å². The highest BCUT2D eigenvalue weighted by atomic mass is 32.1. The van der Waals surface area contributed by atoms with E-state index in [2.05, 4.69) is 10.6 Å². The number of thiocarbonyl (C=S) groups is 1. The molecule has 0 saturated carbocycles. The molecule has 0 saturated heterocycles. The highest BCUT2D eigenvalue weighted by Gasteiger charge is 2.15. The van der Waals surface area contributed by atoms with E-state index in [1.54, 1.807) is 12.1 Å². The highest BCUT2D eigenvalue weighted by Crippen LogP contribution is 2.29. The Morgan fingerprint density at radius 3 is 2.60 bits per heavy atom. The average Bonchev–Trinajstić information content (AvgIpc) is 2.60. The molecule has 0 spiro atoms. The summed E-state index contributed by atoms with van der Waals surface area (Å²) in [6.45, 7) is 0. The van der Waals surface area contributed by atoms with Gasteiger partial charge >= 0.3 is 5.69 Å². The van der Waals surface area contributed by atoms with Crippen LogP contribution in [0.4, 0.5) is 11.4 Å². The van der Waals surface area contributed by atoms with Crippen molar-refractivity contribution in [3.63, 3.8) is 0 Å². The molecule has 0 unspecified atom stereocenters. The molecule has 0 aliphatic heterocycles. The normalized spacial score (nSPS) is 10.3. The monoisotopic (exact) mass is 357 g/mol. The van der Waals surface area contributed by atoms with Gasteiger partial charge in [-0.3, -0.25) is 20.2 Å². The van der Waals surface area contributed by atoms with E-state index < -0.39 is 10.8 Å². The molecule has 7 nitrogen and oxygen atoms in total. The number of rotatable bonds is 5. The van der Waals surface area contributed by atoms with Crippen LogP contribution in [-0.4, -0.2) is 23.1 Å². The molecule has 2 aromatic carbocycles. The molecule has 0 bridgehead atoms. The van der Waals surface area contributed by atoms with Crippen molar-refractivity contribution in [2.75, 3.05) is 12.4 Å². The fourth-order valence-corrected chi connectivity index (χ4v) is 2.18. The van der Waals surface area contributed by atoms with Crippen molar-refractivity contribution >= 4 is 40.7 Å². The molecule has 25 heavy (non-hydrogen) atoms. The number of nitrogens with zero attached hydrogens (tertiary/aromatic N) is 1. The largest absolute Gasteiger partial charge is 0.490 e. The third-order valence-corrected chi connectivity index (χ3v) is 3.30. The third kappa shape index (κ3) is 5.40. The first-order valence-corrected chi connectivity index (χ1v) is 7.58. The fourth-order valence-electron chi connectivity index (χ4n) is 1.96. The molecule has 0 radical (unpaired) electrons. The Morgan fingerprint density at radius 1 is 1.24 bits per heavy atom. The van der Waals surface area contributed by atoms with Crippen LogP contribution in [0.5, 0.6) is 5.75 Å². The molecule has 128 valence electrons. The number of carbonyl (C=O) groups excluding carboxylic acids is 1. The zero-order chi connectivity index (χ0) is 18.2. The first kappa shape index (κ1) is 18.1. The van der Waals surface area contributed by atoms with Crippen molar-refractivity contribution in [3.8, 4) is 5.75 Å². The van der Waals surface area contributed by atoms with Crippen LogP contribution in [-0.2, 0) is 4.79 Å². The number of nitro groups is 1. The van der Waals surface area contributed by atoms with Crippen LogP contribution in [0.25, 0.3) is 6.08 Å². The smallest absolute Gasteiger partial charge is 0.312 e. The second-order valence-electron chi connectivity index (χ2n) is 4.83. The predicted molar refractivity (Wildman–Crippen MR) is 99.5 cm³/mol. The summed E-state index contributed by atoms with van der Waals surface area (Å²) in [5, 5.41) is 16.2. The second-order valence-corrected chi connectivity index (χ2v) is 5.24. The van der Waals surface area contributed by atoms with Crippen LogP contribution in [0.3, 0.4) is 0 Å². The standard InChI is InChI=1S/C17H15N3O4S/c1-24-15-9-8-13(11-14(15)20(22)23)18-17(25)19-16(21)10-7-12-5-3-2-4-6-12/h2-11H,1H3,(H2,18,19,21,25)/b10-7+. The Balaban J connectivity index is 1.98. The summed E-state index contributed by atoms with van der Waals surface area (Å²) in [6, 6.07) is 13.6. The Labute approximate surface area is 149 Å². The van der Waals surface area contributed by atoms with Gasteiger partial charge in [-0.1, -0.05) is 30.3 Å². The third-order valence-electron chi connectivity index (χ3n) is 3.10. The quantitative estimate of drug-likeness (QED) is 0.370. The molecule has 0 aliphatic rings. The summed E-state index contributed by atoms with van der Waals surface area (Å²) in [7, 11) is 1.35. The lowest BCUT2D eigenvalue weighted by Gasteiger charge is -2.09. The van der Waals surface area contributed by atoms with E-state index in [0.717, 1.165) is 5.56 Å². The van der Waals surface area contributed by atoms with E-state index in [9.17, 15) is 14.9 Å². The lowest BCUT2D eigenvalue weighted by molar-refractivity contribution is -0.385. The van der Waals surface area contributed by atoms with Gasteiger partial charge in [-0.05, 0) is 36.0 Å². The summed E-state index contributed by atoms with van der Waals surface area (Å²) < 4.78 is 4.92. The number of carbonyl (C=O) groups is 1. The van der Waals surface area contributed by atoms with Crippen LogP contribution in [0.2, 0.25) is 0 Å². The molecular formula is C17H15N3O4S. The van der Waals surface area contributed by atoms with E-state index in [0.29, 0.717) is 5.69 Å². The lowest BCUT2D eigenvalue weighted by atomic mass is 10.2. The van der Waals surface area contributed by atoms with Crippen LogP contribution < -0.4 is 15.4 Å². The van der Waals surface area contributed by atoms with Gasteiger partial charge in [-0.2, -0.15) is 0 Å². The number of nitro benzene ring substituents is 1. The minimum Gasteiger partial charge on any atom is -0.490 e. The van der Waals surface area contributed by atoms with Gasteiger partial charge in [-0.15, -0.1) is 0 Å². The Kier molecular flexibility index (Phi) is 6.19. The topological polar surface area (TPSA) is 93.5 Å². The molecule has 2 N–H and O–H groups in total. The first-order chi connectivity index (χ1) is 12.0. The maximum absolute atomic E-state index is 11.8. The minimum absolute atomic E-state index is 0.0298. The second kappa shape index (κ2) is 8.55. The van der Waals surface area contributed by atoms with Gasteiger partial charge in [0.05, 0.1) is 12.0 Å². The number of ether oxygens (including phenoxy) is 1. The molecule has 1 amide bonds. The molecule has 8 heteroatoms. The van der Waals surface area contributed by atoms with E-state index in [-0.39, 0.29) is 16.5 Å². The van der Waals surface area contributed by atoms with Gasteiger partial charge in [0, 0.05) is 17.8 Å². The van der Waals surface area contributed by atoms with Crippen LogP contribution in [0.1, 0.15) is 5.56 Å². The van der Waals surface area contributed by atoms with E-state index in [4.69, 9.17) is 17.0 Å². The Bertz CT molecular complexity index is 822. The van der Waals surface area contributed by atoms with Crippen molar-refractivity contribution < 1.29 is 14.5 Å².